The second kappa shape index (κ2) is 6.28. The van der Waals surface area contributed by atoms with Gasteiger partial charge in [-0.2, -0.15) is 0 Å². The molecule has 3 heteroatoms. The predicted molar refractivity (Wildman–Crippen MR) is 69.7 cm³/mol. The molecule has 1 rings (SSSR count). The highest BCUT2D eigenvalue weighted by Crippen LogP contribution is 2.19. The molecule has 16 heavy (non-hydrogen) atoms. The molecule has 0 aliphatic rings. The molecule has 0 atom stereocenters. The maximum absolute atomic E-state index is 4.48. The van der Waals surface area contributed by atoms with Crippen LogP contribution in [0.25, 0.3) is 0 Å². The Bertz CT molecular complexity index is 334. The van der Waals surface area contributed by atoms with Crippen molar-refractivity contribution in [3.63, 3.8) is 0 Å². The third-order valence-corrected chi connectivity index (χ3v) is 2.46. The summed E-state index contributed by atoms with van der Waals surface area (Å²) in [4.78, 5) is 6.73. The molecule has 0 unspecified atom stereocenters. The maximum Gasteiger partial charge on any atom is 0.133 e. The van der Waals surface area contributed by atoms with Crippen LogP contribution in [0.2, 0.25) is 0 Å². The molecule has 0 radical (unpaired) electrons. The summed E-state index contributed by atoms with van der Waals surface area (Å²) >= 11 is 0. The van der Waals surface area contributed by atoms with Gasteiger partial charge < -0.3 is 10.2 Å². The first-order chi connectivity index (χ1) is 7.70. The number of anilines is 1. The minimum Gasteiger partial charge on any atom is -0.350 e. The molecule has 0 bridgehead atoms. The van der Waals surface area contributed by atoms with E-state index in [0.29, 0.717) is 6.04 Å². The van der Waals surface area contributed by atoms with Crippen molar-refractivity contribution >= 4 is 5.82 Å². The Morgan fingerprint density at radius 2 is 2.31 bits per heavy atom. The van der Waals surface area contributed by atoms with Gasteiger partial charge in [0.25, 0.3) is 0 Å². The fourth-order valence-electron chi connectivity index (χ4n) is 1.70. The average Bonchev–Trinajstić information content (AvgIpc) is 2.27. The average molecular weight is 219 g/mol. The largest absolute Gasteiger partial charge is 0.350 e. The van der Waals surface area contributed by atoms with Crippen molar-refractivity contribution in [1.82, 2.24) is 10.3 Å². The summed E-state index contributed by atoms with van der Waals surface area (Å²) in [5, 5.41) is 3.17. The molecule has 1 aromatic heterocycles. The summed E-state index contributed by atoms with van der Waals surface area (Å²) in [7, 11) is 1.95. The second-order valence-corrected chi connectivity index (χ2v) is 4.05. The highest BCUT2D eigenvalue weighted by atomic mass is 15.2. The van der Waals surface area contributed by atoms with Gasteiger partial charge in [0.2, 0.25) is 0 Å². The van der Waals surface area contributed by atoms with Crippen molar-refractivity contribution < 1.29 is 0 Å². The monoisotopic (exact) mass is 219 g/mol. The Morgan fingerprint density at radius 1 is 1.56 bits per heavy atom. The first-order valence-electron chi connectivity index (χ1n) is 5.66. The first-order valence-corrected chi connectivity index (χ1v) is 5.66. The maximum atomic E-state index is 4.48. The lowest BCUT2D eigenvalue weighted by Gasteiger charge is -2.28. The molecule has 0 aliphatic heterocycles. The zero-order valence-corrected chi connectivity index (χ0v) is 10.4. The van der Waals surface area contributed by atoms with Crippen LogP contribution in [0.1, 0.15) is 19.4 Å². The van der Waals surface area contributed by atoms with Crippen LogP contribution in [0.5, 0.6) is 0 Å². The van der Waals surface area contributed by atoms with E-state index in [1.165, 1.54) is 5.56 Å². The van der Waals surface area contributed by atoms with E-state index in [2.05, 4.69) is 41.7 Å². The van der Waals surface area contributed by atoms with Crippen LogP contribution < -0.4 is 10.2 Å². The Morgan fingerprint density at radius 3 is 2.88 bits per heavy atom. The zero-order valence-electron chi connectivity index (χ0n) is 10.4. The fourth-order valence-corrected chi connectivity index (χ4v) is 1.70. The molecule has 1 N–H and O–H groups in total. The van der Waals surface area contributed by atoms with E-state index in [4.69, 9.17) is 0 Å². The van der Waals surface area contributed by atoms with Crippen LogP contribution in [0.3, 0.4) is 0 Å². The molecule has 0 aromatic carbocycles. The normalized spacial score (nSPS) is 10.5. The Kier molecular flexibility index (Phi) is 4.99. The van der Waals surface area contributed by atoms with Crippen LogP contribution in [0.15, 0.2) is 31.0 Å². The highest BCUT2D eigenvalue weighted by molar-refractivity contribution is 5.48. The lowest BCUT2D eigenvalue weighted by molar-refractivity contribution is 0.699. The van der Waals surface area contributed by atoms with Gasteiger partial charge in [-0.3, -0.25) is 0 Å². The van der Waals surface area contributed by atoms with Gasteiger partial charge in [0.05, 0.1) is 0 Å². The SMILES string of the molecule is C=CCN(c1ncccc1CNC)C(C)C. The van der Waals surface area contributed by atoms with Crippen molar-refractivity contribution in [1.29, 1.82) is 0 Å². The number of aromatic nitrogens is 1. The number of nitrogens with one attached hydrogen (secondary N) is 1. The summed E-state index contributed by atoms with van der Waals surface area (Å²) < 4.78 is 0. The van der Waals surface area contributed by atoms with Gasteiger partial charge in [0, 0.05) is 30.9 Å². The lowest BCUT2D eigenvalue weighted by Crippen LogP contribution is -2.32. The highest BCUT2D eigenvalue weighted by Gasteiger charge is 2.13. The molecule has 0 aliphatic carbocycles. The Balaban J connectivity index is 3.02. The topological polar surface area (TPSA) is 28.2 Å². The standard InChI is InChI=1S/C13H21N3/c1-5-9-16(11(2)3)13-12(10-14-4)7-6-8-15-13/h5-8,11,14H,1,9-10H2,2-4H3. The molecule has 1 heterocycles. The fraction of sp³-hybridized carbons (Fsp3) is 0.462. The van der Waals surface area contributed by atoms with E-state index in [9.17, 15) is 0 Å². The van der Waals surface area contributed by atoms with Crippen LogP contribution in [0, 0.1) is 0 Å². The van der Waals surface area contributed by atoms with Crippen molar-refractivity contribution in [2.24, 2.45) is 0 Å². The number of pyridine rings is 1. The smallest absolute Gasteiger partial charge is 0.133 e. The van der Waals surface area contributed by atoms with Gasteiger partial charge in [0.1, 0.15) is 5.82 Å². The summed E-state index contributed by atoms with van der Waals surface area (Å²) in [6.45, 7) is 9.80. The minimum atomic E-state index is 0.420. The number of rotatable bonds is 6. The van der Waals surface area contributed by atoms with E-state index in [1.54, 1.807) is 0 Å². The quantitative estimate of drug-likeness (QED) is 0.743. The van der Waals surface area contributed by atoms with Crippen molar-refractivity contribution in [2.45, 2.75) is 26.4 Å². The van der Waals surface area contributed by atoms with Crippen LogP contribution in [-0.4, -0.2) is 24.6 Å². The molecule has 88 valence electrons. The summed E-state index contributed by atoms with van der Waals surface area (Å²) in [6.07, 6.45) is 3.75. The van der Waals surface area contributed by atoms with Gasteiger partial charge in [0.15, 0.2) is 0 Å². The van der Waals surface area contributed by atoms with E-state index in [-0.39, 0.29) is 0 Å². The van der Waals surface area contributed by atoms with Crippen molar-refractivity contribution in [3.05, 3.63) is 36.5 Å². The minimum absolute atomic E-state index is 0.420. The summed E-state index contributed by atoms with van der Waals surface area (Å²) in [5.74, 6) is 1.05. The molecule has 3 nitrogen and oxygen atoms in total. The Labute approximate surface area is 98.2 Å². The van der Waals surface area contributed by atoms with Gasteiger partial charge in [-0.15, -0.1) is 6.58 Å². The van der Waals surface area contributed by atoms with Crippen molar-refractivity contribution in [2.75, 3.05) is 18.5 Å². The van der Waals surface area contributed by atoms with Crippen LogP contribution in [0.4, 0.5) is 5.82 Å². The molecule has 0 saturated heterocycles. The number of hydrogen-bond donors (Lipinski definition) is 1. The van der Waals surface area contributed by atoms with E-state index < -0.39 is 0 Å². The molecular formula is C13H21N3. The summed E-state index contributed by atoms with van der Waals surface area (Å²) in [5.41, 5.74) is 1.22. The molecule has 0 spiro atoms. The lowest BCUT2D eigenvalue weighted by atomic mass is 10.2. The molecular weight excluding hydrogens is 198 g/mol. The number of hydrogen-bond acceptors (Lipinski definition) is 3. The molecule has 1 aromatic rings. The summed E-state index contributed by atoms with van der Waals surface area (Å²) in [6, 6.07) is 4.50. The third kappa shape index (κ3) is 3.07. The van der Waals surface area contributed by atoms with Gasteiger partial charge in [-0.05, 0) is 27.0 Å². The molecule has 0 saturated carbocycles. The van der Waals surface area contributed by atoms with Crippen LogP contribution >= 0.6 is 0 Å². The van der Waals surface area contributed by atoms with Gasteiger partial charge in [-0.25, -0.2) is 4.98 Å². The third-order valence-electron chi connectivity index (χ3n) is 2.46. The molecule has 0 fully saturated rings. The van der Waals surface area contributed by atoms with E-state index in [1.807, 2.05) is 25.4 Å². The van der Waals surface area contributed by atoms with Crippen molar-refractivity contribution in [3.8, 4) is 0 Å². The predicted octanol–water partition coefficient (Wildman–Crippen LogP) is 2.20. The van der Waals surface area contributed by atoms with Gasteiger partial charge in [-0.1, -0.05) is 12.1 Å². The number of nitrogens with zero attached hydrogens (tertiary/aromatic N) is 2. The van der Waals surface area contributed by atoms with Gasteiger partial charge >= 0.3 is 0 Å². The first kappa shape index (κ1) is 12.7. The molecule has 0 amide bonds. The van der Waals surface area contributed by atoms with E-state index >= 15 is 0 Å². The second-order valence-electron chi connectivity index (χ2n) is 4.05. The zero-order chi connectivity index (χ0) is 12.0. The Hall–Kier alpha value is -1.35. The van der Waals surface area contributed by atoms with E-state index in [0.717, 1.165) is 18.9 Å². The van der Waals surface area contributed by atoms with Crippen LogP contribution in [-0.2, 0) is 6.54 Å².